The van der Waals surface area contributed by atoms with Gasteiger partial charge in [-0.25, -0.2) is 0 Å². The predicted octanol–water partition coefficient (Wildman–Crippen LogP) is 2.67. The second-order valence-electron chi connectivity index (χ2n) is 9.25. The molecule has 2 heterocycles. The van der Waals surface area contributed by atoms with E-state index in [9.17, 15) is 9.59 Å². The number of carbonyl (C=O) groups is 2. The highest BCUT2D eigenvalue weighted by Crippen LogP contribution is 2.23. The number of hydrogen-bond acceptors (Lipinski definition) is 7. The number of thiocarbonyl (C=S) groups is 1. The molecule has 10 heteroatoms. The van der Waals surface area contributed by atoms with Crippen LogP contribution in [0.4, 0.5) is 11.4 Å². The zero-order valence-corrected chi connectivity index (χ0v) is 22.5. The highest BCUT2D eigenvalue weighted by molar-refractivity contribution is 7.80. The molecule has 1 atom stereocenters. The van der Waals surface area contributed by atoms with Crippen LogP contribution in [0.2, 0.25) is 0 Å². The van der Waals surface area contributed by atoms with Gasteiger partial charge in [-0.1, -0.05) is 0 Å². The molecular formula is C27H35N5O4S. The molecule has 0 unspecified atom stereocenters. The molecule has 0 aromatic heterocycles. The molecule has 2 saturated heterocycles. The van der Waals surface area contributed by atoms with Gasteiger partial charge < -0.3 is 24.6 Å². The van der Waals surface area contributed by atoms with Crippen LogP contribution < -0.4 is 19.7 Å². The van der Waals surface area contributed by atoms with Crippen molar-refractivity contribution in [3.05, 3.63) is 48.5 Å². The molecule has 0 spiro atoms. The maximum absolute atomic E-state index is 12.8. The van der Waals surface area contributed by atoms with Gasteiger partial charge in [-0.05, 0) is 73.7 Å². The third-order valence-electron chi connectivity index (χ3n) is 6.96. The Morgan fingerprint density at radius 2 is 1.54 bits per heavy atom. The van der Waals surface area contributed by atoms with Crippen molar-refractivity contribution in [2.45, 2.75) is 18.9 Å². The average Bonchev–Trinajstić information content (AvgIpc) is 3.12. The topological polar surface area (TPSA) is 77.6 Å². The third-order valence-corrected chi connectivity index (χ3v) is 7.47. The van der Waals surface area contributed by atoms with Gasteiger partial charge in [0.05, 0.1) is 20.6 Å². The van der Waals surface area contributed by atoms with E-state index in [-0.39, 0.29) is 18.2 Å². The smallest absolute Gasteiger partial charge is 0.251 e. The second kappa shape index (κ2) is 12.2. The first-order valence-corrected chi connectivity index (χ1v) is 12.9. The molecule has 1 N–H and O–H groups in total. The van der Waals surface area contributed by atoms with Crippen molar-refractivity contribution in [2.24, 2.45) is 0 Å². The highest BCUT2D eigenvalue weighted by atomic mass is 32.1. The Hall–Kier alpha value is -3.37. The molecule has 0 saturated carbocycles. The van der Waals surface area contributed by atoms with Crippen LogP contribution in [0.25, 0.3) is 0 Å². The van der Waals surface area contributed by atoms with Gasteiger partial charge in [0.15, 0.2) is 5.11 Å². The molecule has 198 valence electrons. The molecule has 4 rings (SSSR count). The van der Waals surface area contributed by atoms with E-state index >= 15 is 0 Å². The van der Waals surface area contributed by atoms with Crippen LogP contribution in [0.5, 0.6) is 11.5 Å². The van der Waals surface area contributed by atoms with E-state index in [1.807, 2.05) is 17.0 Å². The van der Waals surface area contributed by atoms with Crippen molar-refractivity contribution < 1.29 is 19.1 Å². The second-order valence-corrected chi connectivity index (χ2v) is 9.62. The maximum atomic E-state index is 12.8. The fourth-order valence-electron chi connectivity index (χ4n) is 4.78. The number of ether oxygens (including phenoxy) is 2. The third kappa shape index (κ3) is 6.50. The first kappa shape index (κ1) is 26.7. The normalized spacial score (nSPS) is 18.4. The van der Waals surface area contributed by atoms with Crippen LogP contribution in [0.1, 0.15) is 12.8 Å². The minimum atomic E-state index is -0.581. The zero-order chi connectivity index (χ0) is 26.4. The summed E-state index contributed by atoms with van der Waals surface area (Å²) in [6.45, 7) is 5.42. The molecule has 2 aliphatic heterocycles. The molecule has 2 aromatic rings. The Labute approximate surface area is 223 Å². The van der Waals surface area contributed by atoms with E-state index in [0.717, 1.165) is 44.9 Å². The first-order valence-electron chi connectivity index (χ1n) is 12.5. The lowest BCUT2D eigenvalue weighted by Crippen LogP contribution is -2.47. The van der Waals surface area contributed by atoms with Crippen molar-refractivity contribution in [3.8, 4) is 11.5 Å². The Balaban J connectivity index is 1.25. The van der Waals surface area contributed by atoms with Gasteiger partial charge in [-0.3, -0.25) is 19.4 Å². The van der Waals surface area contributed by atoms with Gasteiger partial charge in [0.2, 0.25) is 5.91 Å². The number of anilines is 2. The fraction of sp³-hybridized carbons (Fsp3) is 0.444. The van der Waals surface area contributed by atoms with Crippen LogP contribution in [0.15, 0.2) is 48.5 Å². The lowest BCUT2D eigenvalue weighted by atomic mass is 10.1. The average molecular weight is 526 g/mol. The molecule has 2 fully saturated rings. The van der Waals surface area contributed by atoms with Crippen molar-refractivity contribution in [3.63, 3.8) is 0 Å². The molecular weight excluding hydrogens is 490 g/mol. The Bertz CT molecular complexity index is 1090. The highest BCUT2D eigenvalue weighted by Gasteiger charge is 2.41. The summed E-state index contributed by atoms with van der Waals surface area (Å²) in [5.41, 5.74) is 1.87. The van der Waals surface area contributed by atoms with Crippen LogP contribution in [-0.2, 0) is 9.59 Å². The van der Waals surface area contributed by atoms with Crippen molar-refractivity contribution in [2.75, 3.05) is 70.8 Å². The molecule has 2 amide bonds. The number of amides is 2. The quantitative estimate of drug-likeness (QED) is 0.475. The van der Waals surface area contributed by atoms with Crippen LogP contribution >= 0.6 is 12.2 Å². The van der Waals surface area contributed by atoms with Crippen LogP contribution in [0, 0.1) is 0 Å². The number of methoxy groups -OCH3 is 2. The monoisotopic (exact) mass is 525 g/mol. The lowest BCUT2D eigenvalue weighted by Gasteiger charge is -2.36. The number of nitrogens with one attached hydrogen (secondary N) is 1. The summed E-state index contributed by atoms with van der Waals surface area (Å²) >= 11 is 5.54. The Kier molecular flexibility index (Phi) is 8.83. The summed E-state index contributed by atoms with van der Waals surface area (Å²) in [6, 6.07) is 14.7. The predicted molar refractivity (Wildman–Crippen MR) is 148 cm³/mol. The van der Waals surface area contributed by atoms with Gasteiger partial charge in [0.25, 0.3) is 5.91 Å². The number of likely N-dealkylation sites (N-methyl/N-ethyl adjacent to an activating group) is 1. The van der Waals surface area contributed by atoms with E-state index in [2.05, 4.69) is 27.2 Å². The van der Waals surface area contributed by atoms with E-state index in [0.29, 0.717) is 23.1 Å². The summed E-state index contributed by atoms with van der Waals surface area (Å²) < 4.78 is 10.4. The molecule has 37 heavy (non-hydrogen) atoms. The molecule has 2 aromatic carbocycles. The van der Waals surface area contributed by atoms with Crippen LogP contribution in [0.3, 0.4) is 0 Å². The molecule has 2 aliphatic rings. The Morgan fingerprint density at radius 3 is 2.14 bits per heavy atom. The van der Waals surface area contributed by atoms with E-state index in [1.165, 1.54) is 10.6 Å². The van der Waals surface area contributed by atoms with Crippen LogP contribution in [-0.4, -0.2) is 98.2 Å². The van der Waals surface area contributed by atoms with E-state index < -0.39 is 6.04 Å². The first-order chi connectivity index (χ1) is 17.9. The van der Waals surface area contributed by atoms with E-state index in [4.69, 9.17) is 21.7 Å². The maximum Gasteiger partial charge on any atom is 0.251 e. The van der Waals surface area contributed by atoms with E-state index in [1.54, 1.807) is 45.5 Å². The lowest BCUT2D eigenvalue weighted by molar-refractivity contribution is -0.130. The molecule has 0 bridgehead atoms. The minimum Gasteiger partial charge on any atom is -0.497 e. The summed E-state index contributed by atoms with van der Waals surface area (Å²) in [5, 5.41) is 3.35. The molecule has 9 nitrogen and oxygen atoms in total. The number of hydrogen-bond donors (Lipinski definition) is 1. The fourth-order valence-corrected chi connectivity index (χ4v) is 5.08. The summed E-state index contributed by atoms with van der Waals surface area (Å²) in [6.07, 6.45) is 0.913. The number of carbonyl (C=O) groups excluding carboxylic acids is 2. The van der Waals surface area contributed by atoms with Gasteiger partial charge in [-0.15, -0.1) is 0 Å². The SMILES string of the molecule is COc1ccc(NC(=O)C[C@@H]2C(=O)N(C)C(=S)N2CCCN2CCN(c3ccc(OC)cc3)CC2)cc1. The van der Waals surface area contributed by atoms with Gasteiger partial charge in [0.1, 0.15) is 17.5 Å². The van der Waals surface area contributed by atoms with Gasteiger partial charge in [-0.2, -0.15) is 0 Å². The standard InChI is InChI=1S/C27H35N5O4S/c1-29-26(34)24(19-25(33)28-20-5-9-22(35-2)10-6-20)32(27(29)37)14-4-13-30-15-17-31(18-16-30)21-7-11-23(36-3)12-8-21/h5-12,24H,4,13-19H2,1-3H3,(H,28,33)/t24-/m1/s1. The van der Waals surface area contributed by atoms with Gasteiger partial charge >= 0.3 is 0 Å². The van der Waals surface area contributed by atoms with Crippen molar-refractivity contribution in [1.82, 2.24) is 14.7 Å². The number of piperazine rings is 1. The van der Waals surface area contributed by atoms with Crippen molar-refractivity contribution >= 4 is 40.5 Å². The number of nitrogens with zero attached hydrogens (tertiary/aromatic N) is 4. The summed E-state index contributed by atoms with van der Waals surface area (Å²) in [7, 11) is 4.95. The number of benzene rings is 2. The summed E-state index contributed by atoms with van der Waals surface area (Å²) in [4.78, 5) is 33.8. The Morgan fingerprint density at radius 1 is 0.946 bits per heavy atom. The zero-order valence-electron chi connectivity index (χ0n) is 21.7. The number of rotatable bonds is 10. The largest absolute Gasteiger partial charge is 0.497 e. The van der Waals surface area contributed by atoms with Crippen molar-refractivity contribution in [1.29, 1.82) is 0 Å². The minimum absolute atomic E-state index is 0.0515. The van der Waals surface area contributed by atoms with Gasteiger partial charge in [0, 0.05) is 51.1 Å². The molecule has 0 aliphatic carbocycles. The molecule has 0 radical (unpaired) electrons. The summed E-state index contributed by atoms with van der Waals surface area (Å²) in [5.74, 6) is 1.22.